The van der Waals surface area contributed by atoms with E-state index in [2.05, 4.69) is 91.3 Å². The molecule has 0 N–H and O–H groups in total. The summed E-state index contributed by atoms with van der Waals surface area (Å²) in [6, 6.07) is 0. The molecule has 1 aliphatic rings. The van der Waals surface area contributed by atoms with Crippen LogP contribution >= 0.6 is 0 Å². The molecule has 0 unspecified atom stereocenters. The summed E-state index contributed by atoms with van der Waals surface area (Å²) in [5, 5.41) is 0. The van der Waals surface area contributed by atoms with E-state index in [9.17, 15) is 0 Å². The van der Waals surface area contributed by atoms with Gasteiger partial charge in [-0.25, -0.2) is 0 Å². The van der Waals surface area contributed by atoms with Crippen molar-refractivity contribution in [3.8, 4) is 0 Å². The summed E-state index contributed by atoms with van der Waals surface area (Å²) in [7, 11) is 0. The minimum atomic E-state index is 0.0547. The first-order valence-corrected chi connectivity index (χ1v) is 11.5. The summed E-state index contributed by atoms with van der Waals surface area (Å²) < 4.78 is 0. The highest BCUT2D eigenvalue weighted by molar-refractivity contribution is 5.73. The number of unbranched alkanes of at least 4 members (excludes halogenated alkanes) is 1. The predicted molar refractivity (Wildman–Crippen MR) is 132 cm³/mol. The summed E-state index contributed by atoms with van der Waals surface area (Å²) in [5.41, 5.74) is 11.0. The molecule has 1 rings (SSSR count). The van der Waals surface area contributed by atoms with Crippen LogP contribution in [0.25, 0.3) is 0 Å². The van der Waals surface area contributed by atoms with Gasteiger partial charge in [0.25, 0.3) is 0 Å². The summed E-state index contributed by atoms with van der Waals surface area (Å²) in [5.74, 6) is 0. The zero-order valence-electron chi connectivity index (χ0n) is 20.7. The Kier molecular flexibility index (Phi) is 10.1. The normalized spacial score (nSPS) is 18.2. The van der Waals surface area contributed by atoms with Crippen LogP contribution in [0.1, 0.15) is 101 Å². The van der Waals surface area contributed by atoms with Gasteiger partial charge in [0.15, 0.2) is 0 Å². The van der Waals surface area contributed by atoms with Crippen LogP contribution in [0.2, 0.25) is 0 Å². The Bertz CT molecular complexity index is 723. The molecular weight excluding hydrogens is 350 g/mol. The van der Waals surface area contributed by atoms with Crippen molar-refractivity contribution in [3.05, 3.63) is 51.8 Å². The number of hydrogen-bond acceptors (Lipinski definition) is 1. The highest BCUT2D eigenvalue weighted by Crippen LogP contribution is 2.42. The van der Waals surface area contributed by atoms with Crippen molar-refractivity contribution >= 4 is 6.21 Å². The molecule has 0 bridgehead atoms. The summed E-state index contributed by atoms with van der Waals surface area (Å²) in [6.07, 6.45) is 15.9. The number of allylic oxidation sites excluding steroid dienone is 7. The minimum Gasteiger partial charge on any atom is -0.293 e. The Balaban J connectivity index is 3.05. The Labute approximate surface area is 181 Å². The molecule has 1 aliphatic carbocycles. The van der Waals surface area contributed by atoms with Crippen molar-refractivity contribution in [3.63, 3.8) is 0 Å². The van der Waals surface area contributed by atoms with Crippen LogP contribution in [-0.2, 0) is 0 Å². The van der Waals surface area contributed by atoms with E-state index >= 15 is 0 Å². The molecule has 0 atom stereocenters. The van der Waals surface area contributed by atoms with Crippen LogP contribution in [0.4, 0.5) is 0 Å². The molecule has 0 spiro atoms. The van der Waals surface area contributed by atoms with Gasteiger partial charge in [0, 0.05) is 18.3 Å². The molecule has 0 aromatic rings. The minimum absolute atomic E-state index is 0.0547. The standard InChI is InChI=1S/C28H45N/c1-10-11-20-29-21-18-24(4)25(27(5,6)7)16-14-22(2)15-17-26-23(3)13-12-19-28(26,8)9/h14-15,18,21H,10-13,17,19-20H2,1-9H3/b22-15+,24-18-,29-21?. The third-order valence-corrected chi connectivity index (χ3v) is 5.97. The van der Waals surface area contributed by atoms with Crippen LogP contribution in [0.15, 0.2) is 56.8 Å². The van der Waals surface area contributed by atoms with Crippen molar-refractivity contribution in [1.82, 2.24) is 0 Å². The van der Waals surface area contributed by atoms with Gasteiger partial charge in [0.2, 0.25) is 0 Å². The van der Waals surface area contributed by atoms with E-state index in [-0.39, 0.29) is 5.41 Å². The van der Waals surface area contributed by atoms with Crippen molar-refractivity contribution in [1.29, 1.82) is 0 Å². The maximum Gasteiger partial charge on any atom is 0.0389 e. The third-order valence-electron chi connectivity index (χ3n) is 5.97. The van der Waals surface area contributed by atoms with E-state index in [4.69, 9.17) is 0 Å². The second kappa shape index (κ2) is 11.6. The molecule has 0 aromatic carbocycles. The maximum atomic E-state index is 4.49. The van der Waals surface area contributed by atoms with Crippen molar-refractivity contribution < 1.29 is 0 Å². The first-order chi connectivity index (χ1) is 13.5. The average Bonchev–Trinajstić information content (AvgIpc) is 2.59. The highest BCUT2D eigenvalue weighted by atomic mass is 14.7. The van der Waals surface area contributed by atoms with Gasteiger partial charge in [-0.3, -0.25) is 4.99 Å². The summed E-state index contributed by atoms with van der Waals surface area (Å²) in [6.45, 7) is 21.4. The molecule has 162 valence electrons. The molecular formula is C28H45N. The smallest absolute Gasteiger partial charge is 0.0389 e. The third kappa shape index (κ3) is 8.75. The van der Waals surface area contributed by atoms with Crippen LogP contribution < -0.4 is 0 Å². The zero-order chi connectivity index (χ0) is 22.1. The van der Waals surface area contributed by atoms with Gasteiger partial charge in [-0.2, -0.15) is 0 Å². The van der Waals surface area contributed by atoms with Gasteiger partial charge in [-0.15, -0.1) is 5.73 Å². The van der Waals surface area contributed by atoms with Gasteiger partial charge in [0.1, 0.15) is 0 Å². The van der Waals surface area contributed by atoms with Gasteiger partial charge in [-0.1, -0.05) is 65.2 Å². The molecule has 29 heavy (non-hydrogen) atoms. The van der Waals surface area contributed by atoms with Crippen LogP contribution in [0, 0.1) is 10.8 Å². The van der Waals surface area contributed by atoms with Crippen molar-refractivity contribution in [2.24, 2.45) is 15.8 Å². The van der Waals surface area contributed by atoms with E-state index < -0.39 is 0 Å². The topological polar surface area (TPSA) is 12.4 Å². The summed E-state index contributed by atoms with van der Waals surface area (Å²) in [4.78, 5) is 4.49. The number of nitrogens with zero attached hydrogens (tertiary/aromatic N) is 1. The number of hydrogen-bond donors (Lipinski definition) is 0. The fourth-order valence-electron chi connectivity index (χ4n) is 4.13. The quantitative estimate of drug-likeness (QED) is 0.128. The lowest BCUT2D eigenvalue weighted by atomic mass is 9.71. The van der Waals surface area contributed by atoms with Crippen molar-refractivity contribution in [2.45, 2.75) is 101 Å². The maximum absolute atomic E-state index is 4.49. The second-order valence-electron chi connectivity index (χ2n) is 10.3. The Hall–Kier alpha value is -1.59. The zero-order valence-corrected chi connectivity index (χ0v) is 20.7. The van der Waals surface area contributed by atoms with Crippen LogP contribution in [0.5, 0.6) is 0 Å². The molecule has 0 amide bonds. The molecule has 0 aromatic heterocycles. The van der Waals surface area contributed by atoms with Gasteiger partial charge in [0.05, 0.1) is 0 Å². The Morgan fingerprint density at radius 1 is 1.21 bits per heavy atom. The molecule has 1 heteroatoms. The van der Waals surface area contributed by atoms with Gasteiger partial charge < -0.3 is 0 Å². The van der Waals surface area contributed by atoms with E-state index in [1.807, 2.05) is 6.21 Å². The van der Waals surface area contributed by atoms with Gasteiger partial charge >= 0.3 is 0 Å². The number of rotatable bonds is 8. The van der Waals surface area contributed by atoms with Gasteiger partial charge in [-0.05, 0) is 87.0 Å². The summed E-state index contributed by atoms with van der Waals surface area (Å²) >= 11 is 0. The van der Waals surface area contributed by atoms with E-state index in [0.717, 1.165) is 19.4 Å². The van der Waals surface area contributed by atoms with Crippen LogP contribution in [-0.4, -0.2) is 12.8 Å². The van der Waals surface area contributed by atoms with E-state index in [1.54, 1.807) is 11.1 Å². The Morgan fingerprint density at radius 3 is 2.48 bits per heavy atom. The molecule has 0 fully saturated rings. The van der Waals surface area contributed by atoms with E-state index in [1.165, 1.54) is 42.4 Å². The monoisotopic (exact) mass is 395 g/mol. The first-order valence-electron chi connectivity index (χ1n) is 11.5. The second-order valence-corrected chi connectivity index (χ2v) is 10.3. The fraction of sp³-hybridized carbons (Fsp3) is 0.643. The first kappa shape index (κ1) is 25.4. The SMILES string of the molecule is CCCCN=C/C=C(/C)C(=C=C/C(C)=C/CC1=C(C)CCCC1(C)C)C(C)(C)C. The molecule has 0 heterocycles. The lowest BCUT2D eigenvalue weighted by molar-refractivity contribution is 0.360. The highest BCUT2D eigenvalue weighted by Gasteiger charge is 2.27. The van der Waals surface area contributed by atoms with Crippen molar-refractivity contribution in [2.75, 3.05) is 6.54 Å². The largest absolute Gasteiger partial charge is 0.293 e. The van der Waals surface area contributed by atoms with E-state index in [0.29, 0.717) is 5.41 Å². The predicted octanol–water partition coefficient (Wildman–Crippen LogP) is 8.79. The molecule has 0 saturated heterocycles. The van der Waals surface area contributed by atoms with Crippen LogP contribution in [0.3, 0.4) is 0 Å². The lowest BCUT2D eigenvalue weighted by Gasteiger charge is -2.34. The number of aliphatic imine (C=N–C) groups is 1. The average molecular weight is 396 g/mol. The molecule has 0 saturated carbocycles. The molecule has 0 aliphatic heterocycles. The lowest BCUT2D eigenvalue weighted by Crippen LogP contribution is -2.20. The molecule has 1 nitrogen and oxygen atoms in total. The Morgan fingerprint density at radius 2 is 1.90 bits per heavy atom. The molecule has 0 radical (unpaired) electrons. The fourth-order valence-corrected chi connectivity index (χ4v) is 4.13.